The molecule has 0 spiro atoms. The molecule has 1 N–H and O–H groups in total. The monoisotopic (exact) mass is 286 g/mol. The van der Waals surface area contributed by atoms with Crippen molar-refractivity contribution in [3.8, 4) is 0 Å². The van der Waals surface area contributed by atoms with Crippen molar-refractivity contribution in [2.24, 2.45) is 0 Å². The van der Waals surface area contributed by atoms with E-state index in [-0.39, 0.29) is 11.3 Å². The third kappa shape index (κ3) is 3.33. The first kappa shape index (κ1) is 14.4. The molecule has 0 saturated heterocycles. The van der Waals surface area contributed by atoms with Crippen LogP contribution in [-0.4, -0.2) is 29.9 Å². The van der Waals surface area contributed by atoms with Crippen LogP contribution in [0.1, 0.15) is 10.4 Å². The van der Waals surface area contributed by atoms with Gasteiger partial charge in [0.1, 0.15) is 0 Å². The van der Waals surface area contributed by atoms with E-state index in [2.05, 4.69) is 10.3 Å². The molecule has 1 aromatic heterocycles. The molecule has 2 aromatic rings. The number of amides is 1. The van der Waals surface area contributed by atoms with Gasteiger partial charge in [0.15, 0.2) is 0 Å². The smallest absolute Gasteiger partial charge is 0.270 e. The van der Waals surface area contributed by atoms with Gasteiger partial charge in [-0.15, -0.1) is 0 Å². The lowest BCUT2D eigenvalue weighted by Gasteiger charge is -2.16. The van der Waals surface area contributed by atoms with Gasteiger partial charge in [0.2, 0.25) is 0 Å². The minimum atomic E-state index is -0.525. The Hall–Kier alpha value is -2.96. The molecule has 0 aliphatic heterocycles. The van der Waals surface area contributed by atoms with Gasteiger partial charge in [-0.2, -0.15) is 0 Å². The average Bonchev–Trinajstić information content (AvgIpc) is 2.47. The molecule has 0 atom stereocenters. The van der Waals surface area contributed by atoms with E-state index in [1.54, 1.807) is 49.6 Å². The highest BCUT2D eigenvalue weighted by Crippen LogP contribution is 2.25. The van der Waals surface area contributed by atoms with Crippen LogP contribution in [-0.2, 0) is 0 Å². The van der Waals surface area contributed by atoms with E-state index in [4.69, 9.17) is 0 Å². The summed E-state index contributed by atoms with van der Waals surface area (Å²) in [6.45, 7) is 0. The predicted octanol–water partition coefficient (Wildman–Crippen LogP) is 2.31. The zero-order chi connectivity index (χ0) is 15.4. The fourth-order valence-electron chi connectivity index (χ4n) is 1.84. The van der Waals surface area contributed by atoms with Crippen LogP contribution in [0, 0.1) is 10.1 Å². The van der Waals surface area contributed by atoms with Gasteiger partial charge in [0, 0.05) is 50.0 Å². The Balaban J connectivity index is 2.38. The lowest BCUT2D eigenvalue weighted by atomic mass is 10.1. The molecule has 1 aromatic carbocycles. The van der Waals surface area contributed by atoms with Crippen molar-refractivity contribution in [2.45, 2.75) is 0 Å². The fraction of sp³-hybridized carbons (Fsp3) is 0.143. The molecular formula is C14H14N4O3. The van der Waals surface area contributed by atoms with Crippen molar-refractivity contribution in [2.75, 3.05) is 24.3 Å². The lowest BCUT2D eigenvalue weighted by molar-refractivity contribution is -0.384. The lowest BCUT2D eigenvalue weighted by Crippen LogP contribution is -2.18. The van der Waals surface area contributed by atoms with Crippen LogP contribution in [0.2, 0.25) is 0 Å². The van der Waals surface area contributed by atoms with E-state index in [0.717, 1.165) is 0 Å². The molecule has 0 radical (unpaired) electrons. The summed E-state index contributed by atoms with van der Waals surface area (Å²) in [5.74, 6) is -0.409. The van der Waals surface area contributed by atoms with Crippen LogP contribution in [0.25, 0.3) is 0 Å². The number of nitro benzene ring substituents is 1. The third-order valence-corrected chi connectivity index (χ3v) is 2.86. The van der Waals surface area contributed by atoms with Crippen molar-refractivity contribution in [3.05, 3.63) is 58.4 Å². The second kappa shape index (κ2) is 6.00. The Morgan fingerprint density at radius 2 is 1.90 bits per heavy atom. The molecule has 0 bridgehead atoms. The molecule has 7 nitrogen and oxygen atoms in total. The molecule has 21 heavy (non-hydrogen) atoms. The normalized spacial score (nSPS) is 10.0. The van der Waals surface area contributed by atoms with Crippen LogP contribution in [0.3, 0.4) is 0 Å². The third-order valence-electron chi connectivity index (χ3n) is 2.86. The van der Waals surface area contributed by atoms with E-state index in [1.807, 2.05) is 0 Å². The zero-order valence-corrected chi connectivity index (χ0v) is 11.6. The number of nitro groups is 1. The van der Waals surface area contributed by atoms with Crippen LogP contribution in [0.5, 0.6) is 0 Å². The van der Waals surface area contributed by atoms with Crippen molar-refractivity contribution < 1.29 is 9.72 Å². The number of carbonyl (C=O) groups is 1. The Morgan fingerprint density at radius 1 is 1.24 bits per heavy atom. The van der Waals surface area contributed by atoms with Gasteiger partial charge in [-0.05, 0) is 18.2 Å². The summed E-state index contributed by atoms with van der Waals surface area (Å²) < 4.78 is 0. The maximum absolute atomic E-state index is 12.3. The highest BCUT2D eigenvalue weighted by atomic mass is 16.6. The largest absolute Gasteiger partial charge is 0.377 e. The molecule has 0 aliphatic rings. The summed E-state index contributed by atoms with van der Waals surface area (Å²) in [5, 5.41) is 13.6. The van der Waals surface area contributed by atoms with Gasteiger partial charge in [0.05, 0.1) is 10.5 Å². The van der Waals surface area contributed by atoms with Gasteiger partial charge in [0.25, 0.3) is 11.6 Å². The standard InChI is InChI=1S/C14H14N4O3/c1-17(2)13-4-3-11(18(20)21)9-12(13)14(19)16-10-5-7-15-8-6-10/h3-9H,1-2H3,(H,15,16,19). The number of hydrogen-bond donors (Lipinski definition) is 1. The van der Waals surface area contributed by atoms with Gasteiger partial charge >= 0.3 is 0 Å². The first-order valence-electron chi connectivity index (χ1n) is 6.16. The minimum Gasteiger partial charge on any atom is -0.377 e. The van der Waals surface area contributed by atoms with Crippen molar-refractivity contribution in [3.63, 3.8) is 0 Å². The van der Waals surface area contributed by atoms with Crippen LogP contribution in [0.15, 0.2) is 42.7 Å². The molecule has 2 rings (SSSR count). The summed E-state index contributed by atoms with van der Waals surface area (Å²) in [5.41, 5.74) is 1.30. The molecule has 1 amide bonds. The maximum atomic E-state index is 12.3. The van der Waals surface area contributed by atoms with Gasteiger partial charge in [-0.1, -0.05) is 0 Å². The molecule has 7 heteroatoms. The number of nitrogens with zero attached hydrogens (tertiary/aromatic N) is 3. The van der Waals surface area contributed by atoms with E-state index in [0.29, 0.717) is 11.4 Å². The Kier molecular flexibility index (Phi) is 4.13. The van der Waals surface area contributed by atoms with E-state index >= 15 is 0 Å². The first-order chi connectivity index (χ1) is 9.99. The van der Waals surface area contributed by atoms with Crippen LogP contribution >= 0.6 is 0 Å². The molecule has 0 saturated carbocycles. The number of aromatic nitrogens is 1. The number of nitrogens with one attached hydrogen (secondary N) is 1. The molecule has 0 unspecified atom stereocenters. The summed E-state index contributed by atoms with van der Waals surface area (Å²) in [6, 6.07) is 7.49. The van der Waals surface area contributed by atoms with E-state index in [9.17, 15) is 14.9 Å². The summed E-state index contributed by atoms with van der Waals surface area (Å²) >= 11 is 0. The van der Waals surface area contributed by atoms with Gasteiger partial charge < -0.3 is 10.2 Å². The molecule has 1 heterocycles. The minimum absolute atomic E-state index is 0.125. The summed E-state index contributed by atoms with van der Waals surface area (Å²) in [6.07, 6.45) is 3.10. The van der Waals surface area contributed by atoms with Crippen LogP contribution in [0.4, 0.5) is 17.1 Å². The van der Waals surface area contributed by atoms with Crippen molar-refractivity contribution in [1.82, 2.24) is 4.98 Å². The maximum Gasteiger partial charge on any atom is 0.270 e. The zero-order valence-electron chi connectivity index (χ0n) is 11.6. The highest BCUT2D eigenvalue weighted by molar-refractivity contribution is 6.08. The van der Waals surface area contributed by atoms with E-state index in [1.165, 1.54) is 12.1 Å². The van der Waals surface area contributed by atoms with E-state index < -0.39 is 10.8 Å². The first-order valence-corrected chi connectivity index (χ1v) is 6.16. The number of anilines is 2. The molecule has 0 fully saturated rings. The quantitative estimate of drug-likeness (QED) is 0.688. The Morgan fingerprint density at radius 3 is 2.48 bits per heavy atom. The predicted molar refractivity (Wildman–Crippen MR) is 79.6 cm³/mol. The Labute approximate surface area is 121 Å². The van der Waals surface area contributed by atoms with Gasteiger partial charge in [-0.25, -0.2) is 0 Å². The number of hydrogen-bond acceptors (Lipinski definition) is 5. The van der Waals surface area contributed by atoms with Crippen molar-refractivity contribution >= 4 is 23.0 Å². The fourth-order valence-corrected chi connectivity index (χ4v) is 1.84. The summed E-state index contributed by atoms with van der Waals surface area (Å²) in [7, 11) is 3.54. The van der Waals surface area contributed by atoms with Crippen molar-refractivity contribution in [1.29, 1.82) is 0 Å². The Bertz CT molecular complexity index is 671. The molecular weight excluding hydrogens is 272 g/mol. The second-order valence-electron chi connectivity index (χ2n) is 4.54. The average molecular weight is 286 g/mol. The highest BCUT2D eigenvalue weighted by Gasteiger charge is 2.18. The van der Waals surface area contributed by atoms with Crippen LogP contribution < -0.4 is 10.2 Å². The molecule has 0 aliphatic carbocycles. The number of benzene rings is 1. The second-order valence-corrected chi connectivity index (χ2v) is 4.54. The van der Waals surface area contributed by atoms with Gasteiger partial charge in [-0.3, -0.25) is 19.9 Å². The SMILES string of the molecule is CN(C)c1ccc([N+](=O)[O-])cc1C(=O)Nc1ccncc1. The number of non-ortho nitro benzene ring substituents is 1. The number of pyridine rings is 1. The molecule has 108 valence electrons. The number of carbonyl (C=O) groups excluding carboxylic acids is 1. The number of rotatable bonds is 4. The summed E-state index contributed by atoms with van der Waals surface area (Å²) in [4.78, 5) is 28.3. The topological polar surface area (TPSA) is 88.4 Å².